The molecule has 32 heavy (non-hydrogen) atoms. The van der Waals surface area contributed by atoms with Crippen molar-refractivity contribution in [1.82, 2.24) is 0 Å². The van der Waals surface area contributed by atoms with Gasteiger partial charge in [-0.1, -0.05) is 57.9 Å². The monoisotopic (exact) mass is 440 g/mol. The molecule has 0 bridgehead atoms. The highest BCUT2D eigenvalue weighted by atomic mass is 16.5. The normalized spacial score (nSPS) is 39.8. The lowest BCUT2D eigenvalue weighted by molar-refractivity contribution is -0.150. The van der Waals surface area contributed by atoms with Crippen LogP contribution in [-0.4, -0.2) is 12.1 Å². The predicted octanol–water partition coefficient (Wildman–Crippen LogP) is 8.27. The zero-order valence-corrected chi connectivity index (χ0v) is 21.8. The van der Waals surface area contributed by atoms with Crippen LogP contribution in [0, 0.1) is 40.4 Å². The average molecular weight is 441 g/mol. The second-order valence-corrected chi connectivity index (χ2v) is 12.7. The summed E-state index contributed by atoms with van der Waals surface area (Å²) in [5, 5.41) is 0. The number of allylic oxidation sites excluding steroid dienone is 3. The summed E-state index contributed by atoms with van der Waals surface area (Å²) in [4.78, 5) is 11.5. The van der Waals surface area contributed by atoms with Crippen LogP contribution in [0.4, 0.5) is 0 Å². The smallest absolute Gasteiger partial charge is 0.302 e. The number of fused-ring (bicyclic) bond motifs is 4. The predicted molar refractivity (Wildman–Crippen MR) is 133 cm³/mol. The Morgan fingerprint density at radius 2 is 1.84 bits per heavy atom. The van der Waals surface area contributed by atoms with Crippen LogP contribution >= 0.6 is 0 Å². The number of hydrogen-bond acceptors (Lipinski definition) is 2. The standard InChI is InChI=1S/C30H48O2/c1-19(2)20(3)8-9-21(4)26-12-13-27-25-11-10-23-18-24(32-22(5)31)14-16-29(23,6)28(25)15-17-30(26,27)7/h19,21,23-24,26-27H,3,8-18H2,1-2,4-7H3/t21-,23?,24?,26-,27+,29+,30-/m1/s1. The highest BCUT2D eigenvalue weighted by molar-refractivity contribution is 5.66. The molecule has 0 heterocycles. The van der Waals surface area contributed by atoms with Crippen molar-refractivity contribution in [3.63, 3.8) is 0 Å². The van der Waals surface area contributed by atoms with Crippen molar-refractivity contribution < 1.29 is 9.53 Å². The van der Waals surface area contributed by atoms with Crippen molar-refractivity contribution in [2.24, 2.45) is 40.4 Å². The summed E-state index contributed by atoms with van der Waals surface area (Å²) in [6.07, 6.45) is 14.1. The summed E-state index contributed by atoms with van der Waals surface area (Å²) in [6.45, 7) is 18.2. The molecule has 0 aromatic rings. The Bertz CT molecular complexity index is 776. The lowest BCUT2D eigenvalue weighted by atomic mass is 9.50. The number of carbonyl (C=O) groups excluding carboxylic acids is 1. The second kappa shape index (κ2) is 8.95. The van der Waals surface area contributed by atoms with Crippen LogP contribution in [-0.2, 0) is 9.53 Å². The van der Waals surface area contributed by atoms with Crippen LogP contribution in [0.25, 0.3) is 0 Å². The molecule has 0 N–H and O–H groups in total. The van der Waals surface area contributed by atoms with Crippen LogP contribution in [0.5, 0.6) is 0 Å². The fraction of sp³-hybridized carbons (Fsp3) is 0.833. The van der Waals surface area contributed by atoms with Gasteiger partial charge < -0.3 is 4.74 Å². The molecule has 4 aliphatic rings. The Hall–Kier alpha value is -1.05. The summed E-state index contributed by atoms with van der Waals surface area (Å²) in [6, 6.07) is 0. The molecule has 0 amide bonds. The highest BCUT2D eigenvalue weighted by Gasteiger charge is 2.56. The third-order valence-electron chi connectivity index (χ3n) is 10.8. The number of rotatable bonds is 6. The number of esters is 1. The molecular formula is C30H48O2. The van der Waals surface area contributed by atoms with Gasteiger partial charge >= 0.3 is 5.97 Å². The minimum absolute atomic E-state index is 0.106. The van der Waals surface area contributed by atoms with Gasteiger partial charge in [0.15, 0.2) is 0 Å². The van der Waals surface area contributed by atoms with Gasteiger partial charge in [0.25, 0.3) is 0 Å². The molecule has 7 atom stereocenters. The molecule has 2 saturated carbocycles. The van der Waals surface area contributed by atoms with E-state index in [-0.39, 0.29) is 12.1 Å². The number of hydrogen-bond donors (Lipinski definition) is 0. The molecule has 0 saturated heterocycles. The SMILES string of the molecule is C=C(CC[C@@H](C)[C@H]1CC[C@H]2C3=C(CC[C@]12C)[C@@]1(C)CCC(OC(C)=O)CC1CC3)C(C)C. The lowest BCUT2D eigenvalue weighted by Gasteiger charge is -2.55. The molecule has 4 rings (SSSR count). The maximum absolute atomic E-state index is 11.5. The number of carbonyl (C=O) groups is 1. The molecule has 2 fully saturated rings. The van der Waals surface area contributed by atoms with Gasteiger partial charge in [0.05, 0.1) is 0 Å². The topological polar surface area (TPSA) is 26.3 Å². The van der Waals surface area contributed by atoms with Crippen LogP contribution in [0.3, 0.4) is 0 Å². The summed E-state index contributed by atoms with van der Waals surface area (Å²) < 4.78 is 5.64. The Labute approximate surface area is 197 Å². The van der Waals surface area contributed by atoms with Crippen LogP contribution in [0.2, 0.25) is 0 Å². The fourth-order valence-electron chi connectivity index (χ4n) is 8.64. The molecule has 2 nitrogen and oxygen atoms in total. The van der Waals surface area contributed by atoms with E-state index in [4.69, 9.17) is 4.74 Å². The maximum Gasteiger partial charge on any atom is 0.302 e. The van der Waals surface area contributed by atoms with Gasteiger partial charge in [0, 0.05) is 6.92 Å². The van der Waals surface area contributed by atoms with Crippen LogP contribution in [0.15, 0.2) is 23.3 Å². The third kappa shape index (κ3) is 4.14. The molecular weight excluding hydrogens is 392 g/mol. The molecule has 4 aliphatic carbocycles. The third-order valence-corrected chi connectivity index (χ3v) is 10.8. The first kappa shape index (κ1) is 24.1. The van der Waals surface area contributed by atoms with Gasteiger partial charge in [-0.05, 0) is 111 Å². The molecule has 0 aromatic carbocycles. The maximum atomic E-state index is 11.5. The molecule has 2 heteroatoms. The summed E-state index contributed by atoms with van der Waals surface area (Å²) in [5.74, 6) is 3.69. The van der Waals surface area contributed by atoms with E-state index in [2.05, 4.69) is 41.2 Å². The summed E-state index contributed by atoms with van der Waals surface area (Å²) in [5.41, 5.74) is 6.00. The van der Waals surface area contributed by atoms with Crippen molar-refractivity contribution >= 4 is 5.97 Å². The quantitative estimate of drug-likeness (QED) is 0.307. The van der Waals surface area contributed by atoms with Gasteiger partial charge in [0.1, 0.15) is 6.10 Å². The van der Waals surface area contributed by atoms with Crippen molar-refractivity contribution in [2.45, 2.75) is 118 Å². The van der Waals surface area contributed by atoms with Gasteiger partial charge in [0.2, 0.25) is 0 Å². The lowest BCUT2D eigenvalue weighted by Crippen LogP contribution is -2.46. The molecule has 0 radical (unpaired) electrons. The van der Waals surface area contributed by atoms with E-state index in [0.29, 0.717) is 22.7 Å². The molecule has 0 spiro atoms. The summed E-state index contributed by atoms with van der Waals surface area (Å²) >= 11 is 0. The van der Waals surface area contributed by atoms with Crippen molar-refractivity contribution in [1.29, 1.82) is 0 Å². The van der Waals surface area contributed by atoms with Crippen LogP contribution in [0.1, 0.15) is 112 Å². The van der Waals surface area contributed by atoms with Gasteiger partial charge in [-0.3, -0.25) is 4.79 Å². The van der Waals surface area contributed by atoms with E-state index >= 15 is 0 Å². The first-order valence-electron chi connectivity index (χ1n) is 13.6. The van der Waals surface area contributed by atoms with Crippen molar-refractivity contribution in [3.8, 4) is 0 Å². The van der Waals surface area contributed by atoms with Gasteiger partial charge in [-0.25, -0.2) is 0 Å². The first-order chi connectivity index (χ1) is 15.1. The minimum atomic E-state index is -0.106. The van der Waals surface area contributed by atoms with Crippen molar-refractivity contribution in [3.05, 3.63) is 23.3 Å². The second-order valence-electron chi connectivity index (χ2n) is 12.7. The van der Waals surface area contributed by atoms with E-state index < -0.39 is 0 Å². The van der Waals surface area contributed by atoms with E-state index in [0.717, 1.165) is 30.6 Å². The average Bonchev–Trinajstić information content (AvgIpc) is 3.08. The Balaban J connectivity index is 1.49. The number of ether oxygens (including phenoxy) is 1. The Kier molecular flexibility index (Phi) is 6.74. The molecule has 2 unspecified atom stereocenters. The first-order valence-corrected chi connectivity index (χ1v) is 13.6. The van der Waals surface area contributed by atoms with Gasteiger partial charge in [-0.15, -0.1) is 0 Å². The largest absolute Gasteiger partial charge is 0.463 e. The zero-order chi connectivity index (χ0) is 23.3. The van der Waals surface area contributed by atoms with Crippen molar-refractivity contribution in [2.75, 3.05) is 0 Å². The fourth-order valence-corrected chi connectivity index (χ4v) is 8.64. The zero-order valence-electron chi connectivity index (χ0n) is 21.8. The van der Waals surface area contributed by atoms with E-state index in [1.807, 2.05) is 11.1 Å². The van der Waals surface area contributed by atoms with Crippen LogP contribution < -0.4 is 0 Å². The molecule has 180 valence electrons. The van der Waals surface area contributed by atoms with E-state index in [1.54, 1.807) is 6.92 Å². The molecule has 0 aromatic heterocycles. The highest BCUT2D eigenvalue weighted by Crippen LogP contribution is 2.66. The Morgan fingerprint density at radius 1 is 1.09 bits per heavy atom. The Morgan fingerprint density at radius 3 is 2.53 bits per heavy atom. The van der Waals surface area contributed by atoms with E-state index in [9.17, 15) is 4.79 Å². The minimum Gasteiger partial charge on any atom is -0.463 e. The van der Waals surface area contributed by atoms with E-state index in [1.165, 1.54) is 63.4 Å². The summed E-state index contributed by atoms with van der Waals surface area (Å²) in [7, 11) is 0. The van der Waals surface area contributed by atoms with Gasteiger partial charge in [-0.2, -0.15) is 0 Å². The molecule has 0 aliphatic heterocycles.